The van der Waals surface area contributed by atoms with Gasteiger partial charge in [-0.1, -0.05) is 24.3 Å². The van der Waals surface area contributed by atoms with Crippen molar-refractivity contribution >= 4 is 29.3 Å². The van der Waals surface area contributed by atoms with Gasteiger partial charge in [0.05, 0.1) is 12.1 Å². The van der Waals surface area contributed by atoms with Crippen LogP contribution in [-0.2, 0) is 16.0 Å². The van der Waals surface area contributed by atoms with Crippen LogP contribution in [0.25, 0.3) is 0 Å². The lowest BCUT2D eigenvalue weighted by molar-refractivity contribution is -0.121. The van der Waals surface area contributed by atoms with Gasteiger partial charge in [-0.15, -0.1) is 0 Å². The number of primary amides is 1. The quantitative estimate of drug-likeness (QED) is 0.546. The molecular weight excluding hydrogens is 417 g/mol. The predicted molar refractivity (Wildman–Crippen MR) is 112 cm³/mol. The summed E-state index contributed by atoms with van der Waals surface area (Å²) in [6.45, 7) is 0. The number of carbonyl (C=O) groups is 4. The van der Waals surface area contributed by atoms with Crippen molar-refractivity contribution in [3.63, 3.8) is 0 Å². The van der Waals surface area contributed by atoms with Crippen LogP contribution in [0.15, 0.2) is 47.6 Å². The van der Waals surface area contributed by atoms with E-state index in [0.29, 0.717) is 6.42 Å². The number of rotatable bonds is 5. The van der Waals surface area contributed by atoms with Gasteiger partial charge in [-0.05, 0) is 35.7 Å². The van der Waals surface area contributed by atoms with Crippen molar-refractivity contribution < 1.29 is 23.6 Å². The molecule has 4 amide bonds. The van der Waals surface area contributed by atoms with Crippen LogP contribution in [-0.4, -0.2) is 35.4 Å². The minimum atomic E-state index is -0.852. The van der Waals surface area contributed by atoms with Crippen LogP contribution >= 0.6 is 0 Å². The first-order valence-corrected chi connectivity index (χ1v) is 9.97. The Hall–Kier alpha value is -4.08. The molecule has 0 spiro atoms. The second-order valence-corrected chi connectivity index (χ2v) is 7.62. The highest BCUT2D eigenvalue weighted by Gasteiger charge is 2.35. The smallest absolute Gasteiger partial charge is 0.267 e. The first-order valence-electron chi connectivity index (χ1n) is 9.97. The van der Waals surface area contributed by atoms with Gasteiger partial charge in [0.15, 0.2) is 0 Å². The molecule has 10 heteroatoms. The first-order chi connectivity index (χ1) is 15.3. The molecule has 4 rings (SSSR count). The molecule has 2 atom stereocenters. The molecule has 5 N–H and O–H groups in total. The third-order valence-corrected chi connectivity index (χ3v) is 5.45. The molecule has 0 bridgehead atoms. The van der Waals surface area contributed by atoms with E-state index >= 15 is 0 Å². The third-order valence-electron chi connectivity index (χ3n) is 5.45. The Kier molecular flexibility index (Phi) is 5.67. The standard InChI is InChI=1S/C22H20FN5O4/c23-14-8-12(20(24)30)7-13(9-14)21(31)26-19-15-4-2-1-3-11(15)10-17(19)25-22(32)16-5-6-18(29)28-27-16/h1-4,7-9,17,19H,5-6,10H2,(H2,24,30)(H,25,32)(H,26,31)(H,28,29)/t17-,19-/m1/s1. The molecule has 2 aliphatic rings. The summed E-state index contributed by atoms with van der Waals surface area (Å²) in [5.41, 5.74) is 9.27. The molecule has 1 aliphatic carbocycles. The number of amides is 4. The average Bonchev–Trinajstić information content (AvgIpc) is 3.10. The second-order valence-electron chi connectivity index (χ2n) is 7.62. The number of carbonyl (C=O) groups excluding carboxylic acids is 4. The monoisotopic (exact) mass is 437 g/mol. The number of nitrogens with two attached hydrogens (primary N) is 1. The van der Waals surface area contributed by atoms with Crippen LogP contribution in [0.3, 0.4) is 0 Å². The Bertz CT molecular complexity index is 1160. The zero-order valence-electron chi connectivity index (χ0n) is 16.9. The molecule has 0 unspecified atom stereocenters. The third kappa shape index (κ3) is 4.34. The topological polar surface area (TPSA) is 143 Å². The van der Waals surface area contributed by atoms with Gasteiger partial charge in [-0.2, -0.15) is 5.10 Å². The van der Waals surface area contributed by atoms with Crippen molar-refractivity contribution in [3.05, 3.63) is 70.5 Å². The van der Waals surface area contributed by atoms with Gasteiger partial charge >= 0.3 is 0 Å². The Morgan fingerprint density at radius 3 is 2.50 bits per heavy atom. The summed E-state index contributed by atoms with van der Waals surface area (Å²) < 4.78 is 13.9. The number of nitrogens with zero attached hydrogens (tertiary/aromatic N) is 1. The predicted octanol–water partition coefficient (Wildman–Crippen LogP) is 0.703. The Morgan fingerprint density at radius 2 is 1.78 bits per heavy atom. The Morgan fingerprint density at radius 1 is 1.03 bits per heavy atom. The van der Waals surface area contributed by atoms with E-state index < -0.39 is 35.6 Å². The maximum Gasteiger partial charge on any atom is 0.267 e. The minimum Gasteiger partial charge on any atom is -0.366 e. The van der Waals surface area contributed by atoms with Crippen molar-refractivity contribution in [2.45, 2.75) is 31.3 Å². The molecule has 32 heavy (non-hydrogen) atoms. The minimum absolute atomic E-state index is 0.0624. The van der Waals surface area contributed by atoms with Gasteiger partial charge in [0, 0.05) is 24.0 Å². The molecule has 0 saturated heterocycles. The first kappa shape index (κ1) is 21.2. The summed E-state index contributed by atoms with van der Waals surface area (Å²) in [5.74, 6) is -2.93. The van der Waals surface area contributed by atoms with E-state index in [9.17, 15) is 23.6 Å². The maximum atomic E-state index is 13.9. The number of hydrogen-bond donors (Lipinski definition) is 4. The van der Waals surface area contributed by atoms with Crippen LogP contribution in [0.2, 0.25) is 0 Å². The van der Waals surface area contributed by atoms with Crippen molar-refractivity contribution in [1.82, 2.24) is 16.1 Å². The lowest BCUT2D eigenvalue weighted by Crippen LogP contribution is -2.47. The van der Waals surface area contributed by atoms with Crippen LogP contribution in [0.4, 0.5) is 4.39 Å². The fourth-order valence-corrected chi connectivity index (χ4v) is 3.88. The summed E-state index contributed by atoms with van der Waals surface area (Å²) in [7, 11) is 0. The highest BCUT2D eigenvalue weighted by atomic mass is 19.1. The number of fused-ring (bicyclic) bond motifs is 1. The highest BCUT2D eigenvalue weighted by Crippen LogP contribution is 2.32. The summed E-state index contributed by atoms with van der Waals surface area (Å²) in [4.78, 5) is 48.3. The van der Waals surface area contributed by atoms with Gasteiger partial charge in [0.2, 0.25) is 11.8 Å². The summed E-state index contributed by atoms with van der Waals surface area (Å²) in [5, 5.41) is 9.51. The van der Waals surface area contributed by atoms with E-state index in [0.717, 1.165) is 23.3 Å². The molecule has 0 saturated carbocycles. The Balaban J connectivity index is 1.57. The highest BCUT2D eigenvalue weighted by molar-refractivity contribution is 6.39. The summed E-state index contributed by atoms with van der Waals surface area (Å²) in [6.07, 6.45) is 0.842. The summed E-state index contributed by atoms with van der Waals surface area (Å²) >= 11 is 0. The number of hydrazone groups is 1. The van der Waals surface area contributed by atoms with Crippen LogP contribution in [0.1, 0.15) is 50.7 Å². The van der Waals surface area contributed by atoms with Crippen molar-refractivity contribution in [2.24, 2.45) is 10.8 Å². The van der Waals surface area contributed by atoms with Crippen LogP contribution < -0.4 is 21.8 Å². The zero-order valence-corrected chi connectivity index (χ0v) is 16.9. The number of benzene rings is 2. The number of halogens is 1. The SMILES string of the molecule is NC(=O)c1cc(F)cc(C(=O)N[C@@H]2c3ccccc3C[C@H]2NC(=O)C2=NNC(=O)CC2)c1. The van der Waals surface area contributed by atoms with Crippen LogP contribution in [0, 0.1) is 5.82 Å². The van der Waals surface area contributed by atoms with Crippen molar-refractivity contribution in [1.29, 1.82) is 0 Å². The van der Waals surface area contributed by atoms with E-state index in [-0.39, 0.29) is 35.6 Å². The zero-order chi connectivity index (χ0) is 22.8. The van der Waals surface area contributed by atoms with Crippen molar-refractivity contribution in [2.75, 3.05) is 0 Å². The molecule has 164 valence electrons. The van der Waals surface area contributed by atoms with Gasteiger partial charge in [-0.25, -0.2) is 9.82 Å². The normalized spacial score (nSPS) is 19.4. The molecule has 1 heterocycles. The van der Waals surface area contributed by atoms with E-state index in [1.807, 2.05) is 24.3 Å². The molecule has 2 aromatic rings. The average molecular weight is 437 g/mol. The molecule has 2 aromatic carbocycles. The fourth-order valence-electron chi connectivity index (χ4n) is 3.88. The van der Waals surface area contributed by atoms with Gasteiger partial charge < -0.3 is 16.4 Å². The van der Waals surface area contributed by atoms with Gasteiger partial charge in [-0.3, -0.25) is 19.2 Å². The lowest BCUT2D eigenvalue weighted by atomic mass is 10.0. The van der Waals surface area contributed by atoms with E-state index in [4.69, 9.17) is 5.73 Å². The fraction of sp³-hybridized carbons (Fsp3) is 0.227. The molecule has 0 fully saturated rings. The van der Waals surface area contributed by atoms with E-state index in [1.165, 1.54) is 6.07 Å². The molecule has 9 nitrogen and oxygen atoms in total. The van der Waals surface area contributed by atoms with E-state index in [2.05, 4.69) is 21.2 Å². The van der Waals surface area contributed by atoms with Gasteiger partial charge in [0.1, 0.15) is 11.5 Å². The van der Waals surface area contributed by atoms with E-state index in [1.54, 1.807) is 0 Å². The maximum absolute atomic E-state index is 13.9. The molecule has 0 radical (unpaired) electrons. The largest absolute Gasteiger partial charge is 0.366 e. The molecule has 0 aromatic heterocycles. The lowest BCUT2D eigenvalue weighted by Gasteiger charge is -2.24. The van der Waals surface area contributed by atoms with Gasteiger partial charge in [0.25, 0.3) is 11.8 Å². The second kappa shape index (κ2) is 8.58. The van der Waals surface area contributed by atoms with Crippen LogP contribution in [0.5, 0.6) is 0 Å². The Labute approximate surface area is 182 Å². The number of hydrogen-bond acceptors (Lipinski definition) is 5. The molecule has 1 aliphatic heterocycles. The summed E-state index contributed by atoms with van der Waals surface area (Å²) in [6, 6.07) is 9.50. The van der Waals surface area contributed by atoms with Crippen molar-refractivity contribution in [3.8, 4) is 0 Å². The molecular formula is C22H20FN5O4. The number of nitrogens with one attached hydrogen (secondary N) is 3.